The van der Waals surface area contributed by atoms with Gasteiger partial charge >= 0.3 is 0 Å². The van der Waals surface area contributed by atoms with Gasteiger partial charge in [-0.15, -0.1) is 5.10 Å². The molecule has 1 N–H and O–H groups in total. The number of piperazine rings is 1. The highest BCUT2D eigenvalue weighted by Gasteiger charge is 2.36. The lowest BCUT2D eigenvalue weighted by Gasteiger charge is -2.34. The molecule has 1 aliphatic rings. The lowest BCUT2D eigenvalue weighted by molar-refractivity contribution is -0.128. The van der Waals surface area contributed by atoms with Crippen LogP contribution in [-0.4, -0.2) is 44.8 Å². The van der Waals surface area contributed by atoms with Gasteiger partial charge in [-0.3, -0.25) is 9.59 Å². The number of benzene rings is 2. The van der Waals surface area contributed by atoms with Crippen LogP contribution < -0.4 is 5.32 Å². The smallest absolute Gasteiger partial charge is 0.277 e. The Hall–Kier alpha value is -3.62. The first kappa shape index (κ1) is 18.7. The van der Waals surface area contributed by atoms with Crippen molar-refractivity contribution in [3.8, 4) is 0 Å². The van der Waals surface area contributed by atoms with Crippen molar-refractivity contribution in [3.63, 3.8) is 0 Å². The molecule has 0 bridgehead atoms. The van der Waals surface area contributed by atoms with E-state index in [1.165, 1.54) is 40.0 Å². The highest BCUT2D eigenvalue weighted by molar-refractivity contribution is 5.97. The summed E-state index contributed by atoms with van der Waals surface area (Å²) in [7, 11) is 0. The first-order chi connectivity index (χ1) is 14.0. The Labute approximate surface area is 164 Å². The monoisotopic (exact) mass is 397 g/mol. The van der Waals surface area contributed by atoms with Gasteiger partial charge in [0.1, 0.15) is 17.7 Å². The number of hydrogen-bond donors (Lipinski definition) is 1. The predicted molar refractivity (Wildman–Crippen MR) is 98.7 cm³/mol. The third-order valence-electron chi connectivity index (χ3n) is 4.69. The van der Waals surface area contributed by atoms with Gasteiger partial charge in [0.15, 0.2) is 5.69 Å². The van der Waals surface area contributed by atoms with Gasteiger partial charge in [-0.05, 0) is 23.8 Å². The molecule has 0 spiro atoms. The van der Waals surface area contributed by atoms with Crippen molar-refractivity contribution >= 4 is 11.8 Å². The summed E-state index contributed by atoms with van der Waals surface area (Å²) >= 11 is 0. The Morgan fingerprint density at radius 1 is 1.17 bits per heavy atom. The van der Waals surface area contributed by atoms with Crippen LogP contribution in [-0.2, 0) is 11.3 Å². The van der Waals surface area contributed by atoms with E-state index in [0.29, 0.717) is 11.1 Å². The van der Waals surface area contributed by atoms with E-state index in [1.54, 1.807) is 24.3 Å². The number of rotatable bonds is 4. The molecule has 1 aromatic heterocycles. The van der Waals surface area contributed by atoms with E-state index in [2.05, 4.69) is 15.6 Å². The van der Waals surface area contributed by atoms with Crippen LogP contribution >= 0.6 is 0 Å². The first-order valence-corrected chi connectivity index (χ1v) is 9.00. The summed E-state index contributed by atoms with van der Waals surface area (Å²) in [6, 6.07) is 10.9. The number of carbonyl (C=O) groups excluding carboxylic acids is 2. The second kappa shape index (κ2) is 7.78. The first-order valence-electron chi connectivity index (χ1n) is 9.00. The summed E-state index contributed by atoms with van der Waals surface area (Å²) in [5.41, 5.74) is 0.804. The topological polar surface area (TPSA) is 80.1 Å². The second-order valence-corrected chi connectivity index (χ2v) is 6.64. The summed E-state index contributed by atoms with van der Waals surface area (Å²) in [6.07, 6.45) is 1.41. The molecule has 7 nitrogen and oxygen atoms in total. The largest absolute Gasteiger partial charge is 0.352 e. The minimum absolute atomic E-state index is 0.0254. The van der Waals surface area contributed by atoms with Crippen LogP contribution in [0.15, 0.2) is 54.7 Å². The summed E-state index contributed by atoms with van der Waals surface area (Å²) in [5, 5.41) is 10.5. The Kier molecular flexibility index (Phi) is 5.03. The SMILES string of the molecule is O=C1NCCN(C(=O)c2cn(Cc3ccccc3F)nn2)[C@@H]1c1cccc(F)c1. The molecule has 3 aromatic rings. The molecule has 4 rings (SSSR count). The summed E-state index contributed by atoms with van der Waals surface area (Å²) in [6.45, 7) is 0.631. The molecule has 1 saturated heterocycles. The van der Waals surface area contributed by atoms with Crippen LogP contribution in [0.1, 0.15) is 27.7 Å². The van der Waals surface area contributed by atoms with Crippen molar-refractivity contribution in [2.24, 2.45) is 0 Å². The molecule has 1 fully saturated rings. The molecule has 0 aliphatic carbocycles. The zero-order chi connectivity index (χ0) is 20.4. The van der Waals surface area contributed by atoms with Crippen molar-refractivity contribution in [1.82, 2.24) is 25.2 Å². The molecule has 9 heteroatoms. The van der Waals surface area contributed by atoms with E-state index in [9.17, 15) is 18.4 Å². The van der Waals surface area contributed by atoms with Crippen LogP contribution in [0.2, 0.25) is 0 Å². The van der Waals surface area contributed by atoms with Crippen LogP contribution in [0.25, 0.3) is 0 Å². The van der Waals surface area contributed by atoms with Crippen molar-refractivity contribution in [2.75, 3.05) is 13.1 Å². The van der Waals surface area contributed by atoms with E-state index in [0.717, 1.165) is 0 Å². The van der Waals surface area contributed by atoms with Gasteiger partial charge in [-0.2, -0.15) is 0 Å². The van der Waals surface area contributed by atoms with Gasteiger partial charge in [0, 0.05) is 18.7 Å². The zero-order valence-electron chi connectivity index (χ0n) is 15.3. The van der Waals surface area contributed by atoms with E-state index in [1.807, 2.05) is 0 Å². The average Bonchev–Trinajstić information content (AvgIpc) is 3.17. The summed E-state index contributed by atoms with van der Waals surface area (Å²) < 4.78 is 28.8. The molecule has 2 heterocycles. The van der Waals surface area contributed by atoms with Crippen LogP contribution in [0.5, 0.6) is 0 Å². The highest BCUT2D eigenvalue weighted by atomic mass is 19.1. The van der Waals surface area contributed by atoms with Crippen molar-refractivity contribution in [1.29, 1.82) is 0 Å². The van der Waals surface area contributed by atoms with E-state index >= 15 is 0 Å². The maximum atomic E-state index is 13.8. The summed E-state index contributed by atoms with van der Waals surface area (Å²) in [4.78, 5) is 26.8. The van der Waals surface area contributed by atoms with E-state index in [-0.39, 0.29) is 31.1 Å². The molecule has 1 aliphatic heterocycles. The highest BCUT2D eigenvalue weighted by Crippen LogP contribution is 2.25. The third kappa shape index (κ3) is 3.84. The molecule has 0 saturated carbocycles. The van der Waals surface area contributed by atoms with E-state index in [4.69, 9.17) is 0 Å². The minimum atomic E-state index is -0.969. The van der Waals surface area contributed by atoms with Crippen LogP contribution in [0.4, 0.5) is 8.78 Å². The average molecular weight is 397 g/mol. The molecule has 0 unspecified atom stereocenters. The Bertz CT molecular complexity index is 1070. The fourth-order valence-corrected chi connectivity index (χ4v) is 3.32. The molecule has 2 aromatic carbocycles. The number of carbonyl (C=O) groups is 2. The van der Waals surface area contributed by atoms with Crippen LogP contribution in [0, 0.1) is 11.6 Å². The number of hydrogen-bond acceptors (Lipinski definition) is 4. The zero-order valence-corrected chi connectivity index (χ0v) is 15.3. The van der Waals surface area contributed by atoms with Crippen LogP contribution in [0.3, 0.4) is 0 Å². The molecule has 29 heavy (non-hydrogen) atoms. The van der Waals surface area contributed by atoms with Gasteiger partial charge in [0.05, 0.1) is 12.7 Å². The van der Waals surface area contributed by atoms with Gasteiger partial charge < -0.3 is 10.2 Å². The lowest BCUT2D eigenvalue weighted by atomic mass is 10.0. The Morgan fingerprint density at radius 3 is 2.79 bits per heavy atom. The molecular weight excluding hydrogens is 380 g/mol. The maximum absolute atomic E-state index is 13.8. The minimum Gasteiger partial charge on any atom is -0.352 e. The van der Waals surface area contributed by atoms with Gasteiger partial charge in [-0.1, -0.05) is 35.5 Å². The molecule has 0 radical (unpaired) electrons. The molecule has 2 amide bonds. The predicted octanol–water partition coefficient (Wildman–Crippen LogP) is 1.92. The maximum Gasteiger partial charge on any atom is 0.277 e. The van der Waals surface area contributed by atoms with Crippen molar-refractivity contribution in [3.05, 3.63) is 83.2 Å². The fraction of sp³-hybridized carbons (Fsp3) is 0.200. The number of aromatic nitrogens is 3. The van der Waals surface area contributed by atoms with Crippen molar-refractivity contribution < 1.29 is 18.4 Å². The second-order valence-electron chi connectivity index (χ2n) is 6.64. The Balaban J connectivity index is 1.58. The van der Waals surface area contributed by atoms with E-state index < -0.39 is 23.7 Å². The third-order valence-corrected chi connectivity index (χ3v) is 4.69. The van der Waals surface area contributed by atoms with Crippen molar-refractivity contribution in [2.45, 2.75) is 12.6 Å². The quantitative estimate of drug-likeness (QED) is 0.730. The van der Waals surface area contributed by atoms with Gasteiger partial charge in [-0.25, -0.2) is 13.5 Å². The fourth-order valence-electron chi connectivity index (χ4n) is 3.32. The number of nitrogens with zero attached hydrogens (tertiary/aromatic N) is 4. The summed E-state index contributed by atoms with van der Waals surface area (Å²) in [5.74, 6) is -1.78. The molecule has 148 valence electrons. The number of halogens is 2. The number of amides is 2. The van der Waals surface area contributed by atoms with Gasteiger partial charge in [0.2, 0.25) is 5.91 Å². The molecule has 1 atom stereocenters. The molecular formula is C20H17F2N5O2. The standard InChI is InChI=1S/C20H17F2N5O2/c21-15-6-3-5-13(10-15)18-19(28)23-8-9-27(18)20(29)17-12-26(25-24-17)11-14-4-1-2-7-16(14)22/h1-7,10,12,18H,8-9,11H2,(H,23,28)/t18-/m1/s1. The lowest BCUT2D eigenvalue weighted by Crippen LogP contribution is -2.52. The van der Waals surface area contributed by atoms with Gasteiger partial charge in [0.25, 0.3) is 5.91 Å². The number of nitrogens with one attached hydrogen (secondary N) is 1. The normalized spacial score (nSPS) is 16.6. The Morgan fingerprint density at radius 2 is 2.00 bits per heavy atom.